The summed E-state index contributed by atoms with van der Waals surface area (Å²) >= 11 is 0. The van der Waals surface area contributed by atoms with E-state index in [1.807, 2.05) is 36.4 Å². The molecule has 0 radical (unpaired) electrons. The fourth-order valence-corrected chi connectivity index (χ4v) is 2.23. The molecule has 3 aromatic rings. The SMILES string of the molecule is Cc1ccc([NH+]=C(Nc2ccccc2)c2ccccc2)cc1.[Cl-]. The summed E-state index contributed by atoms with van der Waals surface area (Å²) in [5, 5.41) is 3.46. The van der Waals surface area contributed by atoms with Gasteiger partial charge in [0.25, 0.3) is 5.84 Å². The third-order valence-corrected chi connectivity index (χ3v) is 3.43. The first kappa shape index (κ1) is 16.8. The summed E-state index contributed by atoms with van der Waals surface area (Å²) in [6.45, 7) is 2.09. The Labute approximate surface area is 143 Å². The molecular weight excluding hydrogens is 304 g/mol. The maximum Gasteiger partial charge on any atom is 0.285 e. The molecule has 23 heavy (non-hydrogen) atoms. The van der Waals surface area contributed by atoms with Gasteiger partial charge in [-0.05, 0) is 43.3 Å². The van der Waals surface area contributed by atoms with Crippen molar-refractivity contribution < 1.29 is 17.4 Å². The van der Waals surface area contributed by atoms with E-state index in [2.05, 4.69) is 65.8 Å². The molecule has 0 unspecified atom stereocenters. The number of hydrogen-bond donors (Lipinski definition) is 2. The molecule has 0 bridgehead atoms. The Morgan fingerprint density at radius 3 is 1.91 bits per heavy atom. The highest BCUT2D eigenvalue weighted by Crippen LogP contribution is 2.08. The molecule has 0 saturated heterocycles. The van der Waals surface area contributed by atoms with Gasteiger partial charge in [-0.1, -0.05) is 54.1 Å². The largest absolute Gasteiger partial charge is 1.00 e. The number of benzene rings is 3. The normalized spacial score (nSPS) is 10.7. The van der Waals surface area contributed by atoms with Crippen LogP contribution in [-0.2, 0) is 0 Å². The van der Waals surface area contributed by atoms with E-state index in [4.69, 9.17) is 0 Å². The first-order valence-electron chi connectivity index (χ1n) is 7.39. The molecule has 0 aromatic heterocycles. The van der Waals surface area contributed by atoms with E-state index in [0.717, 1.165) is 22.8 Å². The van der Waals surface area contributed by atoms with Crippen LogP contribution in [0.4, 0.5) is 11.4 Å². The number of aryl methyl sites for hydroxylation is 1. The molecular formula is C20H19ClN2. The van der Waals surface area contributed by atoms with Gasteiger partial charge in [-0.25, -0.2) is 10.3 Å². The standard InChI is InChI=1S/C20H18N2.ClH/c1-16-12-14-19(15-13-16)22-20(17-8-4-2-5-9-17)21-18-10-6-3-7-11-18;/h2-15H,1H3,(H,21,22);1H. The van der Waals surface area contributed by atoms with Crippen LogP contribution in [0.25, 0.3) is 0 Å². The van der Waals surface area contributed by atoms with Gasteiger partial charge < -0.3 is 12.4 Å². The number of hydrogen-bond acceptors (Lipinski definition) is 0. The lowest BCUT2D eigenvalue weighted by molar-refractivity contribution is -0.352. The van der Waals surface area contributed by atoms with Crippen molar-refractivity contribution in [3.63, 3.8) is 0 Å². The number of amidine groups is 1. The van der Waals surface area contributed by atoms with Crippen LogP contribution in [0.5, 0.6) is 0 Å². The van der Waals surface area contributed by atoms with Gasteiger partial charge in [0.05, 0.1) is 5.56 Å². The number of halogens is 1. The van der Waals surface area contributed by atoms with Gasteiger partial charge in [-0.3, -0.25) is 0 Å². The van der Waals surface area contributed by atoms with Crippen molar-refractivity contribution in [3.05, 3.63) is 96.1 Å². The first-order valence-corrected chi connectivity index (χ1v) is 7.39. The zero-order valence-corrected chi connectivity index (χ0v) is 13.7. The summed E-state index contributed by atoms with van der Waals surface area (Å²) in [5.74, 6) is 0.968. The minimum atomic E-state index is 0. The molecule has 3 heteroatoms. The summed E-state index contributed by atoms with van der Waals surface area (Å²) in [6.07, 6.45) is 0. The minimum Gasteiger partial charge on any atom is -1.00 e. The Kier molecular flexibility index (Phi) is 5.95. The van der Waals surface area contributed by atoms with Gasteiger partial charge in [-0.15, -0.1) is 0 Å². The Balaban J connectivity index is 0.00000192. The summed E-state index contributed by atoms with van der Waals surface area (Å²) in [5.41, 5.74) is 4.49. The molecule has 116 valence electrons. The lowest BCUT2D eigenvalue weighted by Gasteiger charge is -2.04. The third-order valence-electron chi connectivity index (χ3n) is 3.43. The van der Waals surface area contributed by atoms with E-state index in [1.54, 1.807) is 0 Å². The van der Waals surface area contributed by atoms with Crippen molar-refractivity contribution in [1.29, 1.82) is 0 Å². The van der Waals surface area contributed by atoms with E-state index >= 15 is 0 Å². The summed E-state index contributed by atoms with van der Waals surface area (Å²) in [7, 11) is 0. The molecule has 0 aliphatic rings. The van der Waals surface area contributed by atoms with Gasteiger partial charge in [0.15, 0.2) is 0 Å². The van der Waals surface area contributed by atoms with Gasteiger partial charge in [-0.2, -0.15) is 0 Å². The fraction of sp³-hybridized carbons (Fsp3) is 0.0500. The van der Waals surface area contributed by atoms with Gasteiger partial charge in [0.1, 0.15) is 11.4 Å². The highest BCUT2D eigenvalue weighted by Gasteiger charge is 2.11. The van der Waals surface area contributed by atoms with Crippen LogP contribution in [0.2, 0.25) is 0 Å². The van der Waals surface area contributed by atoms with E-state index in [1.165, 1.54) is 5.56 Å². The molecule has 3 aromatic carbocycles. The van der Waals surface area contributed by atoms with Gasteiger partial charge in [0.2, 0.25) is 0 Å². The maximum absolute atomic E-state index is 3.48. The molecule has 3 rings (SSSR count). The van der Waals surface area contributed by atoms with Crippen LogP contribution in [0, 0.1) is 6.92 Å². The first-order chi connectivity index (χ1) is 10.8. The zero-order chi connectivity index (χ0) is 15.2. The van der Waals surface area contributed by atoms with Crippen LogP contribution in [0.1, 0.15) is 11.1 Å². The van der Waals surface area contributed by atoms with Crippen LogP contribution < -0.4 is 22.7 Å². The minimum absolute atomic E-state index is 0. The monoisotopic (exact) mass is 322 g/mol. The Bertz CT molecular complexity index is 751. The predicted molar refractivity (Wildman–Crippen MR) is 92.4 cm³/mol. The molecule has 2 N–H and O–H groups in total. The number of nitrogens with one attached hydrogen (secondary N) is 2. The Morgan fingerprint density at radius 1 is 0.739 bits per heavy atom. The second-order valence-electron chi connectivity index (χ2n) is 5.22. The van der Waals surface area contributed by atoms with Crippen molar-refractivity contribution >= 4 is 17.2 Å². The molecule has 0 spiro atoms. The average Bonchev–Trinajstić information content (AvgIpc) is 2.58. The summed E-state index contributed by atoms with van der Waals surface area (Å²) in [4.78, 5) is 3.48. The smallest absolute Gasteiger partial charge is 0.285 e. The van der Waals surface area contributed by atoms with Crippen molar-refractivity contribution in [2.45, 2.75) is 6.92 Å². The summed E-state index contributed by atoms with van der Waals surface area (Å²) in [6, 6.07) is 28.8. The van der Waals surface area contributed by atoms with E-state index in [9.17, 15) is 0 Å². The van der Waals surface area contributed by atoms with Gasteiger partial charge in [0, 0.05) is 0 Å². The second-order valence-corrected chi connectivity index (χ2v) is 5.22. The van der Waals surface area contributed by atoms with Crippen LogP contribution in [0.3, 0.4) is 0 Å². The number of para-hydroxylation sites is 1. The Hall–Kier alpha value is -2.58. The van der Waals surface area contributed by atoms with E-state index < -0.39 is 0 Å². The molecule has 0 saturated carbocycles. The molecule has 0 heterocycles. The second kappa shape index (κ2) is 8.16. The number of anilines is 1. The highest BCUT2D eigenvalue weighted by molar-refractivity contribution is 6.04. The quantitative estimate of drug-likeness (QED) is 0.525. The van der Waals surface area contributed by atoms with Crippen LogP contribution in [0.15, 0.2) is 84.9 Å². The summed E-state index contributed by atoms with van der Waals surface area (Å²) < 4.78 is 0. The van der Waals surface area contributed by atoms with Crippen molar-refractivity contribution in [2.24, 2.45) is 0 Å². The average molecular weight is 323 g/mol. The van der Waals surface area contributed by atoms with Crippen LogP contribution >= 0.6 is 0 Å². The lowest BCUT2D eigenvalue weighted by Crippen LogP contribution is -3.00. The molecule has 0 aliphatic heterocycles. The predicted octanol–water partition coefficient (Wildman–Crippen LogP) is 0.270. The topological polar surface area (TPSA) is 26.0 Å². The molecule has 0 fully saturated rings. The highest BCUT2D eigenvalue weighted by atomic mass is 35.5. The molecule has 0 amide bonds. The molecule has 2 nitrogen and oxygen atoms in total. The van der Waals surface area contributed by atoms with Gasteiger partial charge >= 0.3 is 0 Å². The van der Waals surface area contributed by atoms with Crippen molar-refractivity contribution in [2.75, 3.05) is 5.32 Å². The zero-order valence-electron chi connectivity index (χ0n) is 13.0. The Morgan fingerprint density at radius 2 is 1.30 bits per heavy atom. The molecule has 0 aliphatic carbocycles. The molecule has 0 atom stereocenters. The van der Waals surface area contributed by atoms with Crippen molar-refractivity contribution in [3.8, 4) is 0 Å². The maximum atomic E-state index is 3.48. The fourth-order valence-electron chi connectivity index (χ4n) is 2.23. The van der Waals surface area contributed by atoms with Crippen LogP contribution in [-0.4, -0.2) is 5.84 Å². The van der Waals surface area contributed by atoms with E-state index in [0.29, 0.717) is 0 Å². The van der Waals surface area contributed by atoms with E-state index in [-0.39, 0.29) is 12.4 Å². The number of rotatable bonds is 3. The van der Waals surface area contributed by atoms with Crippen molar-refractivity contribution in [1.82, 2.24) is 0 Å². The lowest BCUT2D eigenvalue weighted by atomic mass is 10.2. The third kappa shape index (κ3) is 4.70.